The van der Waals surface area contributed by atoms with E-state index in [0.29, 0.717) is 0 Å². The minimum absolute atomic E-state index is 0.223. The van der Waals surface area contributed by atoms with E-state index in [1.54, 1.807) is 11.3 Å². The van der Waals surface area contributed by atoms with Gasteiger partial charge in [0.2, 0.25) is 0 Å². The SMILES string of the molecule is Cc1ccc(C2CC(O)C(=O)C(CO)O2)cc1Cc1cc2ccccc2s1. The zero-order valence-electron chi connectivity index (χ0n) is 15.1. The van der Waals surface area contributed by atoms with Gasteiger partial charge in [0.1, 0.15) is 12.2 Å². The third-order valence-corrected chi connectivity index (χ3v) is 6.28. The molecular weight excluding hydrogens is 360 g/mol. The molecule has 1 aliphatic heterocycles. The van der Waals surface area contributed by atoms with E-state index in [2.05, 4.69) is 49.4 Å². The molecular formula is C22H22O4S. The Labute approximate surface area is 162 Å². The highest BCUT2D eigenvalue weighted by Gasteiger charge is 2.36. The lowest BCUT2D eigenvalue weighted by molar-refractivity contribution is -0.161. The highest BCUT2D eigenvalue weighted by atomic mass is 32.1. The molecule has 0 aliphatic carbocycles. The Balaban J connectivity index is 1.60. The molecule has 2 N–H and O–H groups in total. The number of benzene rings is 2. The number of Topliss-reactive ketones (excluding diaryl/α,β-unsaturated/α-hetero) is 1. The fourth-order valence-corrected chi connectivity index (χ4v) is 4.68. The van der Waals surface area contributed by atoms with E-state index in [4.69, 9.17) is 4.74 Å². The van der Waals surface area contributed by atoms with E-state index in [1.807, 2.05) is 6.07 Å². The van der Waals surface area contributed by atoms with Crippen molar-refractivity contribution in [1.29, 1.82) is 0 Å². The summed E-state index contributed by atoms with van der Waals surface area (Å²) in [4.78, 5) is 13.1. The van der Waals surface area contributed by atoms with Crippen molar-refractivity contribution in [2.45, 2.75) is 38.1 Å². The van der Waals surface area contributed by atoms with E-state index in [1.165, 1.54) is 26.1 Å². The van der Waals surface area contributed by atoms with Crippen LogP contribution in [0.4, 0.5) is 0 Å². The largest absolute Gasteiger partial charge is 0.393 e. The summed E-state index contributed by atoms with van der Waals surface area (Å²) < 4.78 is 7.02. The van der Waals surface area contributed by atoms with Gasteiger partial charge in [-0.2, -0.15) is 0 Å². The molecule has 4 nitrogen and oxygen atoms in total. The molecule has 2 aromatic carbocycles. The summed E-state index contributed by atoms with van der Waals surface area (Å²) in [5.41, 5.74) is 3.33. The first-order valence-electron chi connectivity index (χ1n) is 9.10. The Hall–Kier alpha value is -2.05. The number of carbonyl (C=O) groups is 1. The third kappa shape index (κ3) is 3.69. The lowest BCUT2D eigenvalue weighted by atomic mass is 9.92. The predicted octanol–water partition coefficient (Wildman–Crippen LogP) is 3.55. The summed E-state index contributed by atoms with van der Waals surface area (Å²) in [5, 5.41) is 20.6. The van der Waals surface area contributed by atoms with Crippen molar-refractivity contribution >= 4 is 27.2 Å². The van der Waals surface area contributed by atoms with Crippen LogP contribution in [0.5, 0.6) is 0 Å². The standard InChI is InChI=1S/C22H22O4S/c1-13-6-7-14(19-11-18(24)22(25)20(12-23)26-19)8-16(13)10-17-9-15-4-2-3-5-21(15)27-17/h2-9,18-20,23-24H,10-12H2,1H3. The normalized spacial score (nSPS) is 23.1. The minimum atomic E-state index is -1.09. The molecule has 0 spiro atoms. The molecule has 3 aromatic rings. The highest BCUT2D eigenvalue weighted by Crippen LogP contribution is 2.33. The van der Waals surface area contributed by atoms with Crippen LogP contribution in [0.15, 0.2) is 48.5 Å². The fourth-order valence-electron chi connectivity index (χ4n) is 3.60. The van der Waals surface area contributed by atoms with Gasteiger partial charge in [-0.25, -0.2) is 0 Å². The first-order valence-corrected chi connectivity index (χ1v) is 9.92. The molecule has 0 saturated carbocycles. The summed E-state index contributed by atoms with van der Waals surface area (Å²) in [6, 6.07) is 16.7. The molecule has 140 valence electrons. The third-order valence-electron chi connectivity index (χ3n) is 5.16. The quantitative estimate of drug-likeness (QED) is 0.724. The van der Waals surface area contributed by atoms with Crippen LogP contribution >= 0.6 is 11.3 Å². The van der Waals surface area contributed by atoms with Gasteiger partial charge in [-0.3, -0.25) is 4.79 Å². The molecule has 2 heterocycles. The molecule has 1 saturated heterocycles. The number of rotatable bonds is 4. The highest BCUT2D eigenvalue weighted by molar-refractivity contribution is 7.19. The maximum absolute atomic E-state index is 11.8. The summed E-state index contributed by atoms with van der Waals surface area (Å²) in [6.45, 7) is 1.68. The number of carbonyl (C=O) groups excluding carboxylic acids is 1. The van der Waals surface area contributed by atoms with E-state index in [0.717, 1.165) is 12.0 Å². The van der Waals surface area contributed by atoms with Gasteiger partial charge >= 0.3 is 0 Å². The minimum Gasteiger partial charge on any atom is -0.393 e. The smallest absolute Gasteiger partial charge is 0.192 e. The van der Waals surface area contributed by atoms with Gasteiger partial charge in [0.05, 0.1) is 12.7 Å². The van der Waals surface area contributed by atoms with Gasteiger partial charge in [-0.15, -0.1) is 11.3 Å². The van der Waals surface area contributed by atoms with Gasteiger partial charge in [0.25, 0.3) is 0 Å². The Morgan fingerprint density at radius 3 is 2.78 bits per heavy atom. The Bertz CT molecular complexity index is 944. The molecule has 3 atom stereocenters. The molecule has 1 fully saturated rings. The number of thiophene rings is 1. The van der Waals surface area contributed by atoms with Crippen molar-refractivity contribution < 1.29 is 19.7 Å². The number of aryl methyl sites for hydroxylation is 1. The van der Waals surface area contributed by atoms with Crippen molar-refractivity contribution in [2.24, 2.45) is 0 Å². The van der Waals surface area contributed by atoms with Crippen LogP contribution < -0.4 is 0 Å². The average molecular weight is 382 g/mol. The number of ether oxygens (including phenoxy) is 1. The summed E-state index contributed by atoms with van der Waals surface area (Å²) in [6.07, 6.45) is -1.38. The number of fused-ring (bicyclic) bond motifs is 1. The van der Waals surface area contributed by atoms with Gasteiger partial charge in [-0.1, -0.05) is 36.4 Å². The molecule has 0 amide bonds. The van der Waals surface area contributed by atoms with Gasteiger partial charge < -0.3 is 14.9 Å². The van der Waals surface area contributed by atoms with Crippen LogP contribution in [-0.2, 0) is 16.0 Å². The van der Waals surface area contributed by atoms with Crippen molar-refractivity contribution in [3.63, 3.8) is 0 Å². The zero-order valence-corrected chi connectivity index (χ0v) is 15.9. The number of hydrogen-bond donors (Lipinski definition) is 2. The second-order valence-corrected chi connectivity index (χ2v) is 8.23. The molecule has 4 rings (SSSR count). The molecule has 27 heavy (non-hydrogen) atoms. The second kappa shape index (κ2) is 7.52. The second-order valence-electron chi connectivity index (χ2n) is 7.06. The Morgan fingerprint density at radius 2 is 2.00 bits per heavy atom. The van der Waals surface area contributed by atoms with E-state index >= 15 is 0 Å². The topological polar surface area (TPSA) is 66.8 Å². The first kappa shape index (κ1) is 18.3. The average Bonchev–Trinajstić information content (AvgIpc) is 3.08. The number of ketones is 1. The monoisotopic (exact) mass is 382 g/mol. The van der Waals surface area contributed by atoms with Crippen molar-refractivity contribution in [2.75, 3.05) is 6.61 Å². The predicted molar refractivity (Wildman–Crippen MR) is 106 cm³/mol. The van der Waals surface area contributed by atoms with Gasteiger partial charge in [0.15, 0.2) is 5.78 Å². The van der Waals surface area contributed by atoms with Crippen molar-refractivity contribution in [1.82, 2.24) is 0 Å². The summed E-state index contributed by atoms with van der Waals surface area (Å²) >= 11 is 1.80. The van der Waals surface area contributed by atoms with E-state index in [-0.39, 0.29) is 6.42 Å². The molecule has 1 aromatic heterocycles. The van der Waals surface area contributed by atoms with Crippen LogP contribution in [-0.4, -0.2) is 34.8 Å². The van der Waals surface area contributed by atoms with Crippen LogP contribution in [0.1, 0.15) is 34.1 Å². The molecule has 3 unspecified atom stereocenters. The number of aliphatic hydroxyl groups is 2. The maximum Gasteiger partial charge on any atom is 0.192 e. The molecule has 5 heteroatoms. The number of hydrogen-bond acceptors (Lipinski definition) is 5. The lowest BCUT2D eigenvalue weighted by Crippen LogP contribution is -2.43. The van der Waals surface area contributed by atoms with Crippen molar-refractivity contribution in [3.05, 3.63) is 70.1 Å². The summed E-state index contributed by atoms with van der Waals surface area (Å²) in [7, 11) is 0. The van der Waals surface area contributed by atoms with E-state index < -0.39 is 30.7 Å². The maximum atomic E-state index is 11.8. The first-order chi connectivity index (χ1) is 13.0. The fraction of sp³-hybridized carbons (Fsp3) is 0.318. The van der Waals surface area contributed by atoms with Gasteiger partial charge in [0, 0.05) is 22.4 Å². The van der Waals surface area contributed by atoms with Crippen LogP contribution in [0.2, 0.25) is 0 Å². The number of aliphatic hydroxyl groups excluding tert-OH is 2. The Morgan fingerprint density at radius 1 is 1.19 bits per heavy atom. The lowest BCUT2D eigenvalue weighted by Gasteiger charge is -2.31. The van der Waals surface area contributed by atoms with Crippen LogP contribution in [0, 0.1) is 6.92 Å². The molecule has 0 radical (unpaired) electrons. The van der Waals surface area contributed by atoms with E-state index in [9.17, 15) is 15.0 Å². The Kier molecular flexibility index (Phi) is 5.10. The molecule has 0 bridgehead atoms. The molecule has 1 aliphatic rings. The van der Waals surface area contributed by atoms with Gasteiger partial charge in [-0.05, 0) is 41.1 Å². The summed E-state index contributed by atoms with van der Waals surface area (Å²) in [5.74, 6) is -0.439. The van der Waals surface area contributed by atoms with Crippen LogP contribution in [0.3, 0.4) is 0 Å². The van der Waals surface area contributed by atoms with Crippen LogP contribution in [0.25, 0.3) is 10.1 Å². The zero-order chi connectivity index (χ0) is 19.0. The van der Waals surface area contributed by atoms with Crippen molar-refractivity contribution in [3.8, 4) is 0 Å².